The Morgan fingerprint density at radius 1 is 0.857 bits per heavy atom. The van der Waals surface area contributed by atoms with Crippen molar-refractivity contribution in [1.29, 1.82) is 0 Å². The van der Waals surface area contributed by atoms with Crippen LogP contribution in [-0.4, -0.2) is 11.8 Å². The lowest BCUT2D eigenvalue weighted by molar-refractivity contribution is 0.0730. The molecular weight excluding hydrogens is 402 g/mol. The molecular formula is C22H13Cl2FO3. The number of carbonyl (C=O) groups excluding carboxylic acids is 2. The molecule has 0 saturated heterocycles. The smallest absolute Gasteiger partial charge is 0.346 e. The van der Waals surface area contributed by atoms with Crippen LogP contribution in [-0.2, 0) is 0 Å². The number of rotatable bonds is 5. The van der Waals surface area contributed by atoms with Crippen molar-refractivity contribution in [2.45, 2.75) is 0 Å². The fourth-order valence-corrected chi connectivity index (χ4v) is 2.92. The number of halogens is 3. The molecule has 3 aromatic rings. The van der Waals surface area contributed by atoms with Gasteiger partial charge in [0.1, 0.15) is 11.6 Å². The Morgan fingerprint density at radius 3 is 2.14 bits per heavy atom. The van der Waals surface area contributed by atoms with Crippen molar-refractivity contribution in [3.8, 4) is 5.75 Å². The molecule has 0 aliphatic heterocycles. The lowest BCUT2D eigenvalue weighted by Gasteiger charge is -2.05. The molecule has 28 heavy (non-hydrogen) atoms. The van der Waals surface area contributed by atoms with Gasteiger partial charge in [-0.1, -0.05) is 41.4 Å². The summed E-state index contributed by atoms with van der Waals surface area (Å²) in [6, 6.07) is 16.5. The molecule has 6 heteroatoms. The summed E-state index contributed by atoms with van der Waals surface area (Å²) in [5, 5.41) is 0.874. The monoisotopic (exact) mass is 414 g/mol. The van der Waals surface area contributed by atoms with Crippen LogP contribution >= 0.6 is 23.2 Å². The number of hydrogen-bond donors (Lipinski definition) is 0. The predicted octanol–water partition coefficient (Wildman–Crippen LogP) is 6.25. The molecule has 0 heterocycles. The molecule has 3 nitrogen and oxygen atoms in total. The standard InChI is InChI=1S/C22H13Cl2FO3/c23-18-5-3-6-19(24)16(18)12-13-21(26)14-8-10-15(11-9-14)28-22(27)17-4-1-2-7-20(17)25/h1-13H/b13-12+. The highest BCUT2D eigenvalue weighted by Gasteiger charge is 2.13. The molecule has 0 unspecified atom stereocenters. The lowest BCUT2D eigenvalue weighted by Crippen LogP contribution is -2.10. The van der Waals surface area contributed by atoms with Crippen LogP contribution in [0, 0.1) is 5.82 Å². The average molecular weight is 415 g/mol. The first-order chi connectivity index (χ1) is 13.5. The SMILES string of the molecule is O=C(/C=C/c1c(Cl)cccc1Cl)c1ccc(OC(=O)c2ccccc2F)cc1. The maximum Gasteiger partial charge on any atom is 0.346 e. The molecule has 0 saturated carbocycles. The summed E-state index contributed by atoms with van der Waals surface area (Å²) in [5.41, 5.74) is 0.766. The van der Waals surface area contributed by atoms with Crippen molar-refractivity contribution in [2.75, 3.05) is 0 Å². The van der Waals surface area contributed by atoms with Crippen LogP contribution in [0.5, 0.6) is 5.75 Å². The lowest BCUT2D eigenvalue weighted by atomic mass is 10.1. The molecule has 0 aromatic heterocycles. The van der Waals surface area contributed by atoms with Crippen molar-refractivity contribution < 1.29 is 18.7 Å². The highest BCUT2D eigenvalue weighted by molar-refractivity contribution is 6.37. The van der Waals surface area contributed by atoms with E-state index in [1.54, 1.807) is 30.3 Å². The quantitative estimate of drug-likeness (QED) is 0.214. The van der Waals surface area contributed by atoms with Crippen molar-refractivity contribution in [3.63, 3.8) is 0 Å². The van der Waals surface area contributed by atoms with E-state index in [9.17, 15) is 14.0 Å². The zero-order valence-corrected chi connectivity index (χ0v) is 15.9. The van der Waals surface area contributed by atoms with Crippen molar-refractivity contribution >= 4 is 41.0 Å². The number of ketones is 1. The molecule has 0 aliphatic rings. The number of carbonyl (C=O) groups is 2. The second-order valence-electron chi connectivity index (χ2n) is 5.73. The summed E-state index contributed by atoms with van der Waals surface area (Å²) < 4.78 is 18.8. The zero-order chi connectivity index (χ0) is 20.1. The summed E-state index contributed by atoms with van der Waals surface area (Å²) in [7, 11) is 0. The van der Waals surface area contributed by atoms with Gasteiger partial charge >= 0.3 is 5.97 Å². The number of allylic oxidation sites excluding steroid dienone is 1. The first kappa shape index (κ1) is 19.8. The number of ether oxygens (including phenoxy) is 1. The molecule has 3 rings (SSSR count). The summed E-state index contributed by atoms with van der Waals surface area (Å²) in [6.45, 7) is 0. The van der Waals surface area contributed by atoms with E-state index in [0.717, 1.165) is 0 Å². The van der Waals surface area contributed by atoms with Crippen LogP contribution in [0.1, 0.15) is 26.3 Å². The maximum absolute atomic E-state index is 13.6. The molecule has 0 radical (unpaired) electrons. The third-order valence-corrected chi connectivity index (χ3v) is 4.50. The third kappa shape index (κ3) is 4.66. The molecule has 0 atom stereocenters. The summed E-state index contributed by atoms with van der Waals surface area (Å²) >= 11 is 12.1. The molecule has 0 aliphatic carbocycles. The van der Waals surface area contributed by atoms with E-state index in [1.807, 2.05) is 0 Å². The normalized spacial score (nSPS) is 10.8. The van der Waals surface area contributed by atoms with Gasteiger partial charge in [-0.3, -0.25) is 4.79 Å². The van der Waals surface area contributed by atoms with E-state index >= 15 is 0 Å². The predicted molar refractivity (Wildman–Crippen MR) is 108 cm³/mol. The van der Waals surface area contributed by atoms with Crippen LogP contribution in [0.25, 0.3) is 6.08 Å². The molecule has 0 N–H and O–H groups in total. The topological polar surface area (TPSA) is 43.4 Å². The second kappa shape index (κ2) is 8.83. The van der Waals surface area contributed by atoms with Crippen LogP contribution in [0.15, 0.2) is 72.8 Å². The average Bonchev–Trinajstić information content (AvgIpc) is 2.68. The van der Waals surface area contributed by atoms with E-state index < -0.39 is 11.8 Å². The van der Waals surface area contributed by atoms with Crippen molar-refractivity contribution in [3.05, 3.63) is 105 Å². The number of esters is 1. The fraction of sp³-hybridized carbons (Fsp3) is 0. The van der Waals surface area contributed by atoms with Crippen molar-refractivity contribution in [2.24, 2.45) is 0 Å². The molecule has 0 fully saturated rings. The Bertz CT molecular complexity index is 1040. The van der Waals surface area contributed by atoms with Gasteiger partial charge in [0.05, 0.1) is 5.56 Å². The maximum atomic E-state index is 13.6. The highest BCUT2D eigenvalue weighted by Crippen LogP contribution is 2.25. The minimum Gasteiger partial charge on any atom is -0.423 e. The van der Waals surface area contributed by atoms with E-state index in [0.29, 0.717) is 21.2 Å². The Hall–Kier alpha value is -2.95. The van der Waals surface area contributed by atoms with E-state index in [-0.39, 0.29) is 17.1 Å². The number of benzene rings is 3. The van der Waals surface area contributed by atoms with Gasteiger partial charge in [-0.15, -0.1) is 0 Å². The fourth-order valence-electron chi connectivity index (χ4n) is 2.40. The summed E-state index contributed by atoms with van der Waals surface area (Å²) in [5.74, 6) is -1.56. The van der Waals surface area contributed by atoms with Gasteiger partial charge in [0.25, 0.3) is 0 Å². The minimum atomic E-state index is -0.814. The van der Waals surface area contributed by atoms with Crippen LogP contribution in [0.4, 0.5) is 4.39 Å². The largest absolute Gasteiger partial charge is 0.423 e. The van der Waals surface area contributed by atoms with E-state index in [4.69, 9.17) is 27.9 Å². The Morgan fingerprint density at radius 2 is 1.50 bits per heavy atom. The molecule has 0 spiro atoms. The van der Waals surface area contributed by atoms with Gasteiger partial charge in [0.15, 0.2) is 5.78 Å². The van der Waals surface area contributed by atoms with Gasteiger partial charge in [0.2, 0.25) is 0 Å². The molecule has 0 amide bonds. The van der Waals surface area contributed by atoms with Gasteiger partial charge in [-0.2, -0.15) is 0 Å². The third-order valence-electron chi connectivity index (χ3n) is 3.84. The van der Waals surface area contributed by atoms with Crippen LogP contribution < -0.4 is 4.74 Å². The van der Waals surface area contributed by atoms with Crippen LogP contribution in [0.2, 0.25) is 10.0 Å². The van der Waals surface area contributed by atoms with Gasteiger partial charge in [-0.05, 0) is 60.7 Å². The summed E-state index contributed by atoms with van der Waals surface area (Å²) in [6.07, 6.45) is 2.90. The Balaban J connectivity index is 1.70. The first-order valence-corrected chi connectivity index (χ1v) is 8.94. The van der Waals surface area contributed by atoms with E-state index in [1.165, 1.54) is 48.5 Å². The molecule has 3 aromatic carbocycles. The first-order valence-electron chi connectivity index (χ1n) is 8.19. The minimum absolute atomic E-state index is 0.165. The van der Waals surface area contributed by atoms with Gasteiger partial charge in [0, 0.05) is 21.2 Å². The second-order valence-corrected chi connectivity index (χ2v) is 6.54. The van der Waals surface area contributed by atoms with Crippen molar-refractivity contribution in [1.82, 2.24) is 0 Å². The number of hydrogen-bond acceptors (Lipinski definition) is 3. The van der Waals surface area contributed by atoms with E-state index in [2.05, 4.69) is 0 Å². The zero-order valence-electron chi connectivity index (χ0n) is 14.4. The highest BCUT2D eigenvalue weighted by atomic mass is 35.5. The Labute approximate surface area is 171 Å². The Kier molecular flexibility index (Phi) is 6.24. The van der Waals surface area contributed by atoms with Gasteiger partial charge < -0.3 is 4.74 Å². The summed E-state index contributed by atoms with van der Waals surface area (Å²) in [4.78, 5) is 24.3. The van der Waals surface area contributed by atoms with Crippen LogP contribution in [0.3, 0.4) is 0 Å². The molecule has 140 valence electrons. The van der Waals surface area contributed by atoms with Gasteiger partial charge in [-0.25, -0.2) is 9.18 Å². The molecule has 0 bridgehead atoms.